The third kappa shape index (κ3) is 4.13. The molecule has 4 rings (SSSR count). The van der Waals surface area contributed by atoms with Crippen molar-refractivity contribution in [3.8, 4) is 0 Å². The maximum atomic E-state index is 13.1. The highest BCUT2D eigenvalue weighted by atomic mass is 32.2. The van der Waals surface area contributed by atoms with Crippen molar-refractivity contribution in [2.45, 2.75) is 25.3 Å². The summed E-state index contributed by atoms with van der Waals surface area (Å²) >= 11 is 3.08. The number of aromatic nitrogens is 1. The first-order valence-electron chi connectivity index (χ1n) is 8.98. The normalized spacial score (nSPS) is 11.1. The minimum absolute atomic E-state index is 0.0127. The van der Waals surface area contributed by atoms with Gasteiger partial charge in [-0.25, -0.2) is 4.98 Å². The number of hydrogen-bond donors (Lipinski definition) is 0. The molecule has 0 N–H and O–H groups in total. The lowest BCUT2D eigenvalue weighted by molar-refractivity contribution is -0.116. The molecule has 0 aliphatic rings. The molecule has 0 saturated carbocycles. The standard InChI is InChI=1S/C22H20N2O2S2/c1-15-11-16(2)21-19(12-15)28-22(23-21)24(13-17-7-6-10-26-17)20(25)14-27-18-8-4-3-5-9-18/h3-12H,13-14H2,1-2H3. The minimum Gasteiger partial charge on any atom is -0.467 e. The van der Waals surface area contributed by atoms with Crippen LogP contribution in [0.4, 0.5) is 5.13 Å². The van der Waals surface area contributed by atoms with Crippen molar-refractivity contribution in [2.75, 3.05) is 10.7 Å². The quantitative estimate of drug-likeness (QED) is 0.377. The van der Waals surface area contributed by atoms with E-state index in [0.717, 1.165) is 26.4 Å². The number of thioether (sulfide) groups is 1. The number of benzene rings is 2. The lowest BCUT2D eigenvalue weighted by atomic mass is 10.1. The van der Waals surface area contributed by atoms with E-state index in [1.54, 1.807) is 22.5 Å². The largest absolute Gasteiger partial charge is 0.467 e. The fraction of sp³-hybridized carbons (Fsp3) is 0.182. The van der Waals surface area contributed by atoms with E-state index in [-0.39, 0.29) is 5.91 Å². The van der Waals surface area contributed by atoms with E-state index >= 15 is 0 Å². The molecule has 0 atom stereocenters. The average molecular weight is 409 g/mol. The van der Waals surface area contributed by atoms with Gasteiger partial charge in [0, 0.05) is 4.90 Å². The average Bonchev–Trinajstić information content (AvgIpc) is 3.34. The Hall–Kier alpha value is -2.57. The molecule has 2 aromatic carbocycles. The van der Waals surface area contributed by atoms with Crippen molar-refractivity contribution < 1.29 is 9.21 Å². The van der Waals surface area contributed by atoms with E-state index in [2.05, 4.69) is 26.0 Å². The van der Waals surface area contributed by atoms with E-state index in [1.165, 1.54) is 17.3 Å². The Bertz CT molecular complexity index is 1090. The van der Waals surface area contributed by atoms with Gasteiger partial charge >= 0.3 is 0 Å². The first-order chi connectivity index (χ1) is 13.6. The maximum absolute atomic E-state index is 13.1. The molecule has 4 nitrogen and oxygen atoms in total. The molecular formula is C22H20N2O2S2. The number of fused-ring (bicyclic) bond motifs is 1. The molecule has 142 valence electrons. The summed E-state index contributed by atoms with van der Waals surface area (Å²) in [4.78, 5) is 20.7. The third-order valence-corrected chi connectivity index (χ3v) is 6.37. The number of carbonyl (C=O) groups is 1. The molecule has 0 saturated heterocycles. The zero-order chi connectivity index (χ0) is 19.5. The molecule has 0 bridgehead atoms. The molecule has 6 heteroatoms. The number of nitrogens with zero attached hydrogens (tertiary/aromatic N) is 2. The van der Waals surface area contributed by atoms with E-state index in [0.29, 0.717) is 17.4 Å². The van der Waals surface area contributed by atoms with Gasteiger partial charge in [0.25, 0.3) is 0 Å². The molecule has 4 aromatic rings. The summed E-state index contributed by atoms with van der Waals surface area (Å²) < 4.78 is 6.59. The van der Waals surface area contributed by atoms with Crippen LogP contribution in [0.25, 0.3) is 10.2 Å². The first kappa shape index (κ1) is 18.8. The summed E-state index contributed by atoms with van der Waals surface area (Å²) in [6, 6.07) is 17.9. The monoisotopic (exact) mass is 408 g/mol. The van der Waals surface area contributed by atoms with Gasteiger partial charge < -0.3 is 4.42 Å². The van der Waals surface area contributed by atoms with E-state index in [4.69, 9.17) is 9.40 Å². The molecule has 0 aliphatic heterocycles. The van der Waals surface area contributed by atoms with Gasteiger partial charge in [-0.3, -0.25) is 9.69 Å². The number of anilines is 1. The van der Waals surface area contributed by atoms with Gasteiger partial charge in [-0.15, -0.1) is 11.8 Å². The highest BCUT2D eigenvalue weighted by Crippen LogP contribution is 2.33. The Kier molecular flexibility index (Phi) is 5.50. The predicted octanol–water partition coefficient (Wildman–Crippen LogP) is 5.83. The molecule has 28 heavy (non-hydrogen) atoms. The van der Waals surface area contributed by atoms with Crippen LogP contribution < -0.4 is 4.90 Å². The van der Waals surface area contributed by atoms with Crippen molar-refractivity contribution in [3.05, 3.63) is 77.7 Å². The lowest BCUT2D eigenvalue weighted by Crippen LogP contribution is -2.31. The van der Waals surface area contributed by atoms with Crippen LogP contribution in [0, 0.1) is 13.8 Å². The molecule has 0 fully saturated rings. The number of hydrogen-bond acceptors (Lipinski definition) is 5. The number of amides is 1. The van der Waals surface area contributed by atoms with Gasteiger partial charge in [-0.1, -0.05) is 35.6 Å². The molecular weight excluding hydrogens is 388 g/mol. The summed E-state index contributed by atoms with van der Waals surface area (Å²) in [5.74, 6) is 1.10. The van der Waals surface area contributed by atoms with Gasteiger partial charge in [0.15, 0.2) is 5.13 Å². The zero-order valence-corrected chi connectivity index (χ0v) is 17.3. The molecule has 1 amide bonds. The maximum Gasteiger partial charge on any atom is 0.239 e. The van der Waals surface area contributed by atoms with Crippen molar-refractivity contribution in [3.63, 3.8) is 0 Å². The molecule has 2 aromatic heterocycles. The highest BCUT2D eigenvalue weighted by molar-refractivity contribution is 8.00. The van der Waals surface area contributed by atoms with Crippen LogP contribution in [0.3, 0.4) is 0 Å². The summed E-state index contributed by atoms with van der Waals surface area (Å²) in [6.45, 7) is 4.51. The van der Waals surface area contributed by atoms with Crippen LogP contribution >= 0.6 is 23.1 Å². The van der Waals surface area contributed by atoms with Crippen molar-refractivity contribution in [1.29, 1.82) is 0 Å². The summed E-state index contributed by atoms with van der Waals surface area (Å²) in [6.07, 6.45) is 1.63. The Morgan fingerprint density at radius 2 is 1.96 bits per heavy atom. The van der Waals surface area contributed by atoms with E-state index < -0.39 is 0 Å². The van der Waals surface area contributed by atoms with Crippen LogP contribution in [-0.2, 0) is 11.3 Å². The van der Waals surface area contributed by atoms with Gasteiger partial charge in [-0.05, 0) is 55.3 Å². The Balaban J connectivity index is 1.63. The topological polar surface area (TPSA) is 46.3 Å². The number of furan rings is 1. The van der Waals surface area contributed by atoms with Gasteiger partial charge in [0.05, 0.1) is 28.8 Å². The first-order valence-corrected chi connectivity index (χ1v) is 10.8. The molecule has 0 unspecified atom stereocenters. The Morgan fingerprint density at radius 1 is 1.14 bits per heavy atom. The van der Waals surface area contributed by atoms with Crippen LogP contribution in [0.1, 0.15) is 16.9 Å². The number of thiazole rings is 1. The lowest BCUT2D eigenvalue weighted by Gasteiger charge is -2.18. The van der Waals surface area contributed by atoms with Crippen molar-refractivity contribution >= 4 is 44.4 Å². The Labute approximate surface area is 172 Å². The third-order valence-electron chi connectivity index (χ3n) is 4.35. The predicted molar refractivity (Wildman–Crippen MR) is 116 cm³/mol. The molecule has 0 spiro atoms. The number of aryl methyl sites for hydroxylation is 2. The Morgan fingerprint density at radius 3 is 2.71 bits per heavy atom. The SMILES string of the molecule is Cc1cc(C)c2nc(N(Cc3ccco3)C(=O)CSc3ccccc3)sc2c1. The summed E-state index contributed by atoms with van der Waals surface area (Å²) in [5.41, 5.74) is 3.28. The summed E-state index contributed by atoms with van der Waals surface area (Å²) in [7, 11) is 0. The van der Waals surface area contributed by atoms with Crippen LogP contribution in [0.5, 0.6) is 0 Å². The smallest absolute Gasteiger partial charge is 0.239 e. The summed E-state index contributed by atoms with van der Waals surface area (Å²) in [5, 5.41) is 0.707. The fourth-order valence-corrected chi connectivity index (χ4v) is 4.99. The van der Waals surface area contributed by atoms with Crippen LogP contribution in [0.2, 0.25) is 0 Å². The minimum atomic E-state index is 0.0127. The number of rotatable bonds is 6. The zero-order valence-electron chi connectivity index (χ0n) is 15.7. The van der Waals surface area contributed by atoms with E-state index in [9.17, 15) is 4.79 Å². The second-order valence-corrected chi connectivity index (χ2v) is 8.64. The van der Waals surface area contributed by atoms with Crippen molar-refractivity contribution in [2.24, 2.45) is 0 Å². The second kappa shape index (κ2) is 8.20. The highest BCUT2D eigenvalue weighted by Gasteiger charge is 2.22. The van der Waals surface area contributed by atoms with Gasteiger partial charge in [0.2, 0.25) is 5.91 Å². The van der Waals surface area contributed by atoms with Crippen LogP contribution in [-0.4, -0.2) is 16.6 Å². The van der Waals surface area contributed by atoms with Crippen molar-refractivity contribution in [1.82, 2.24) is 4.98 Å². The fourth-order valence-electron chi connectivity index (χ4n) is 3.03. The molecule has 0 radical (unpaired) electrons. The second-order valence-electron chi connectivity index (χ2n) is 6.59. The van der Waals surface area contributed by atoms with E-state index in [1.807, 2.05) is 42.5 Å². The number of carbonyl (C=O) groups excluding carboxylic acids is 1. The molecule has 2 heterocycles. The van der Waals surface area contributed by atoms with Crippen LogP contribution in [0.15, 0.2) is 70.2 Å². The van der Waals surface area contributed by atoms with Gasteiger partial charge in [-0.2, -0.15) is 0 Å². The van der Waals surface area contributed by atoms with Gasteiger partial charge in [0.1, 0.15) is 5.76 Å². The molecule has 0 aliphatic carbocycles.